The fourth-order valence-corrected chi connectivity index (χ4v) is 7.59. The van der Waals surface area contributed by atoms with Crippen LogP contribution in [0.1, 0.15) is 21.9 Å². The van der Waals surface area contributed by atoms with Gasteiger partial charge in [-0.25, -0.2) is 9.29 Å². The number of aromatic nitrogens is 1. The number of halogens is 2. The maximum absolute atomic E-state index is 13.9. The normalized spacial score (nSPS) is 19.9. The SMILES string of the molecule is O=C1C2Sc3[nH]c(=O)sc3C(c3cc([N+](=O)[O-])ccc3OCc3ccc(Cl)cc3)C2C(=O)N1c1ccc(F)cc1. The molecule has 3 heterocycles. The number of H-pyrrole nitrogens is 1. The van der Waals surface area contributed by atoms with E-state index in [4.69, 9.17) is 16.3 Å². The monoisotopic (exact) mass is 597 g/mol. The zero-order valence-electron chi connectivity index (χ0n) is 20.2. The number of hydrogen-bond acceptors (Lipinski definition) is 8. The number of thiazole rings is 1. The number of nitro groups is 1. The van der Waals surface area contributed by atoms with Gasteiger partial charge in [0.25, 0.3) is 5.69 Å². The molecule has 6 rings (SSSR count). The second kappa shape index (κ2) is 10.2. The van der Waals surface area contributed by atoms with Crippen LogP contribution in [0.15, 0.2) is 76.6 Å². The van der Waals surface area contributed by atoms with Crippen LogP contribution in [0.3, 0.4) is 0 Å². The average molecular weight is 598 g/mol. The van der Waals surface area contributed by atoms with Gasteiger partial charge < -0.3 is 9.72 Å². The Hall–Kier alpha value is -4.00. The van der Waals surface area contributed by atoms with E-state index >= 15 is 0 Å². The number of rotatable bonds is 6. The van der Waals surface area contributed by atoms with Crippen molar-refractivity contribution in [3.63, 3.8) is 0 Å². The van der Waals surface area contributed by atoms with Crippen molar-refractivity contribution in [2.45, 2.75) is 22.8 Å². The van der Waals surface area contributed by atoms with Gasteiger partial charge in [-0.2, -0.15) is 0 Å². The van der Waals surface area contributed by atoms with Gasteiger partial charge in [-0.1, -0.05) is 46.8 Å². The van der Waals surface area contributed by atoms with Crippen molar-refractivity contribution in [3.05, 3.63) is 113 Å². The van der Waals surface area contributed by atoms with E-state index in [-0.39, 0.29) is 28.6 Å². The molecule has 202 valence electrons. The Morgan fingerprint density at radius 2 is 1.75 bits per heavy atom. The Balaban J connectivity index is 1.47. The Kier molecular flexibility index (Phi) is 6.69. The Morgan fingerprint density at radius 3 is 2.45 bits per heavy atom. The number of carbonyl (C=O) groups is 2. The zero-order chi connectivity index (χ0) is 28.1. The summed E-state index contributed by atoms with van der Waals surface area (Å²) in [7, 11) is 0. The number of fused-ring (bicyclic) bond motifs is 2. The van der Waals surface area contributed by atoms with E-state index in [1.807, 2.05) is 0 Å². The van der Waals surface area contributed by atoms with Gasteiger partial charge in [-0.15, -0.1) is 0 Å². The van der Waals surface area contributed by atoms with Crippen molar-refractivity contribution >= 4 is 57.9 Å². The van der Waals surface area contributed by atoms with Crippen molar-refractivity contribution in [1.82, 2.24) is 4.98 Å². The van der Waals surface area contributed by atoms with Crippen LogP contribution in [-0.2, 0) is 16.2 Å². The van der Waals surface area contributed by atoms with E-state index < -0.39 is 39.6 Å². The largest absolute Gasteiger partial charge is 0.489 e. The first-order valence-corrected chi connectivity index (χ1v) is 14.0. The molecule has 40 heavy (non-hydrogen) atoms. The minimum Gasteiger partial charge on any atom is -0.489 e. The first-order valence-electron chi connectivity index (χ1n) is 11.9. The minimum atomic E-state index is -0.999. The number of nitro benzene ring substituents is 1. The lowest BCUT2D eigenvalue weighted by molar-refractivity contribution is -0.385. The van der Waals surface area contributed by atoms with Crippen molar-refractivity contribution in [3.8, 4) is 5.75 Å². The highest BCUT2D eigenvalue weighted by Crippen LogP contribution is 2.55. The highest BCUT2D eigenvalue weighted by molar-refractivity contribution is 8.00. The molecule has 0 radical (unpaired) electrons. The number of nitrogens with one attached hydrogen (secondary N) is 1. The standard InChI is InChI=1S/C27H17ClFN3O6S2/c28-14-3-1-13(2-4-14)12-38-19-10-9-17(32(36)37)11-18(19)20-21-23(39-24-22(20)40-27(35)30-24)26(34)31(25(21)33)16-7-5-15(29)6-8-16/h1-11,20-21,23H,12H2,(H,30,35). The van der Waals surface area contributed by atoms with Crippen molar-refractivity contribution in [2.75, 3.05) is 4.90 Å². The van der Waals surface area contributed by atoms with Crippen LogP contribution in [-0.4, -0.2) is 27.0 Å². The molecule has 9 nitrogen and oxygen atoms in total. The molecule has 0 saturated carbocycles. The van der Waals surface area contributed by atoms with Gasteiger partial charge in [0, 0.05) is 33.5 Å². The average Bonchev–Trinajstić information content (AvgIpc) is 3.43. The van der Waals surface area contributed by atoms with E-state index in [0.717, 1.165) is 45.7 Å². The second-order valence-electron chi connectivity index (χ2n) is 9.13. The summed E-state index contributed by atoms with van der Waals surface area (Å²) in [5.41, 5.74) is 1.06. The van der Waals surface area contributed by atoms with Gasteiger partial charge in [0.15, 0.2) is 0 Å². The minimum absolute atomic E-state index is 0.0996. The summed E-state index contributed by atoms with van der Waals surface area (Å²) in [5.74, 6) is -3.23. The third kappa shape index (κ3) is 4.57. The van der Waals surface area contributed by atoms with Gasteiger partial charge in [-0.05, 0) is 48.0 Å². The lowest BCUT2D eigenvalue weighted by atomic mass is 9.82. The molecule has 3 atom stereocenters. The number of non-ortho nitro benzene ring substituents is 1. The lowest BCUT2D eigenvalue weighted by Crippen LogP contribution is -2.32. The number of carbonyl (C=O) groups excluding carboxylic acids is 2. The van der Waals surface area contributed by atoms with Crippen LogP contribution in [0, 0.1) is 21.8 Å². The third-order valence-electron chi connectivity index (χ3n) is 6.76. The predicted molar refractivity (Wildman–Crippen MR) is 148 cm³/mol. The summed E-state index contributed by atoms with van der Waals surface area (Å²) in [6.45, 7) is 0.0996. The van der Waals surface area contributed by atoms with Crippen LogP contribution in [0.2, 0.25) is 5.02 Å². The maximum Gasteiger partial charge on any atom is 0.305 e. The van der Waals surface area contributed by atoms with E-state index in [2.05, 4.69) is 4.98 Å². The molecule has 2 aliphatic rings. The molecule has 4 aromatic rings. The maximum atomic E-state index is 13.9. The molecule has 1 fully saturated rings. The molecule has 0 bridgehead atoms. The Morgan fingerprint density at radius 1 is 1.02 bits per heavy atom. The van der Waals surface area contributed by atoms with Crippen LogP contribution < -0.4 is 14.5 Å². The fourth-order valence-electron chi connectivity index (χ4n) is 4.96. The highest BCUT2D eigenvalue weighted by atomic mass is 35.5. The van der Waals surface area contributed by atoms with Crippen LogP contribution >= 0.6 is 34.7 Å². The molecule has 2 aliphatic heterocycles. The van der Waals surface area contributed by atoms with E-state index in [1.165, 1.54) is 30.3 Å². The van der Waals surface area contributed by atoms with Crippen molar-refractivity contribution < 1.29 is 23.6 Å². The number of imide groups is 1. The number of amides is 2. The molecule has 1 aromatic heterocycles. The molecule has 2 amide bonds. The molecule has 3 unspecified atom stereocenters. The summed E-state index contributed by atoms with van der Waals surface area (Å²) >= 11 is 7.93. The first-order chi connectivity index (χ1) is 19.2. The summed E-state index contributed by atoms with van der Waals surface area (Å²) in [5, 5.41) is 11.8. The van der Waals surface area contributed by atoms with Gasteiger partial charge in [0.2, 0.25) is 11.8 Å². The number of anilines is 1. The smallest absolute Gasteiger partial charge is 0.305 e. The van der Waals surface area contributed by atoms with Crippen LogP contribution in [0.4, 0.5) is 15.8 Å². The predicted octanol–water partition coefficient (Wildman–Crippen LogP) is 5.51. The summed E-state index contributed by atoms with van der Waals surface area (Å²) < 4.78 is 19.7. The highest BCUT2D eigenvalue weighted by Gasteiger charge is 2.57. The van der Waals surface area contributed by atoms with Crippen molar-refractivity contribution in [1.29, 1.82) is 0 Å². The zero-order valence-corrected chi connectivity index (χ0v) is 22.6. The molecule has 0 aliphatic carbocycles. The molecule has 0 spiro atoms. The molecular weight excluding hydrogens is 581 g/mol. The van der Waals surface area contributed by atoms with E-state index in [0.29, 0.717) is 20.5 Å². The van der Waals surface area contributed by atoms with Gasteiger partial charge >= 0.3 is 4.87 Å². The Labute approximate surface area is 238 Å². The lowest BCUT2D eigenvalue weighted by Gasteiger charge is -2.30. The van der Waals surface area contributed by atoms with E-state index in [9.17, 15) is 28.9 Å². The number of aromatic amines is 1. The van der Waals surface area contributed by atoms with Gasteiger partial charge in [-0.3, -0.25) is 24.5 Å². The number of ether oxygens (including phenoxy) is 1. The summed E-state index contributed by atoms with van der Waals surface area (Å²) in [6.07, 6.45) is 0. The number of hydrogen-bond donors (Lipinski definition) is 1. The third-order valence-corrected chi connectivity index (χ3v) is 9.41. The molecular formula is C27H17ClFN3O6S2. The quantitative estimate of drug-likeness (QED) is 0.177. The van der Waals surface area contributed by atoms with Crippen LogP contribution in [0.25, 0.3) is 0 Å². The van der Waals surface area contributed by atoms with Crippen LogP contribution in [0.5, 0.6) is 5.75 Å². The topological polar surface area (TPSA) is 123 Å². The van der Waals surface area contributed by atoms with Crippen molar-refractivity contribution in [2.24, 2.45) is 5.92 Å². The van der Waals surface area contributed by atoms with Gasteiger partial charge in [0.1, 0.15) is 23.4 Å². The first kappa shape index (κ1) is 26.2. The number of nitrogens with zero attached hydrogens (tertiary/aromatic N) is 2. The number of thioether (sulfide) groups is 1. The molecule has 3 aromatic carbocycles. The molecule has 1 saturated heterocycles. The number of benzene rings is 3. The molecule has 1 N–H and O–H groups in total. The molecule has 13 heteroatoms. The second-order valence-corrected chi connectivity index (χ2v) is 11.7. The summed E-state index contributed by atoms with van der Waals surface area (Å²) in [6, 6.07) is 16.0. The van der Waals surface area contributed by atoms with Gasteiger partial charge in [0.05, 0.1) is 21.6 Å². The summed E-state index contributed by atoms with van der Waals surface area (Å²) in [4.78, 5) is 54.9. The Bertz CT molecular complexity index is 1720. The van der Waals surface area contributed by atoms with E-state index in [1.54, 1.807) is 24.3 Å². The fraction of sp³-hybridized carbons (Fsp3) is 0.148.